The van der Waals surface area contributed by atoms with E-state index >= 15 is 0 Å². The Labute approximate surface area is 213 Å². The third-order valence-electron chi connectivity index (χ3n) is 7.55. The van der Waals surface area contributed by atoms with E-state index in [2.05, 4.69) is 15.1 Å². The van der Waals surface area contributed by atoms with Crippen molar-refractivity contribution in [3.05, 3.63) is 48.5 Å². The predicted molar refractivity (Wildman–Crippen MR) is 136 cm³/mol. The topological polar surface area (TPSA) is 160 Å². The van der Waals surface area contributed by atoms with Gasteiger partial charge in [-0.3, -0.25) is 4.79 Å². The van der Waals surface area contributed by atoms with Crippen molar-refractivity contribution in [3.8, 4) is 22.5 Å². The number of nitrogens with zero attached hydrogens (tertiary/aromatic N) is 5. The molecule has 2 bridgehead atoms. The van der Waals surface area contributed by atoms with E-state index in [1.165, 1.54) is 4.52 Å². The van der Waals surface area contributed by atoms with Gasteiger partial charge in [-0.15, -0.1) is 0 Å². The minimum atomic E-state index is -3.72. The van der Waals surface area contributed by atoms with Crippen LogP contribution in [0.4, 0.5) is 5.82 Å². The lowest BCUT2D eigenvalue weighted by Gasteiger charge is -2.39. The summed E-state index contributed by atoms with van der Waals surface area (Å²) in [6, 6.07) is 7.64. The van der Waals surface area contributed by atoms with Gasteiger partial charge in [0.2, 0.25) is 5.91 Å². The second kappa shape index (κ2) is 8.67. The highest BCUT2D eigenvalue weighted by Gasteiger charge is 2.45. The third-order valence-corrected chi connectivity index (χ3v) is 8.70. The highest BCUT2D eigenvalue weighted by Crippen LogP contribution is 2.45. The molecule has 0 radical (unpaired) electrons. The van der Waals surface area contributed by atoms with Crippen LogP contribution in [0.25, 0.3) is 28.2 Å². The summed E-state index contributed by atoms with van der Waals surface area (Å²) in [6.45, 7) is -0.526. The molecule has 12 heteroatoms. The number of nitrogens with one attached hydrogen (secondary N) is 1. The summed E-state index contributed by atoms with van der Waals surface area (Å²) in [5, 5.41) is 13.8. The molecule has 4 N–H and O–H groups in total. The summed E-state index contributed by atoms with van der Waals surface area (Å²) in [5.74, 6) is 0.311. The van der Waals surface area contributed by atoms with Crippen molar-refractivity contribution < 1.29 is 18.3 Å². The lowest BCUT2D eigenvalue weighted by atomic mass is 9.87. The average Bonchev–Trinajstić information content (AvgIpc) is 3.61. The smallest absolute Gasteiger partial charge is 0.248 e. The van der Waals surface area contributed by atoms with Gasteiger partial charge in [-0.2, -0.15) is 9.61 Å². The zero-order valence-corrected chi connectivity index (χ0v) is 21.0. The maximum absolute atomic E-state index is 12.9. The van der Waals surface area contributed by atoms with Gasteiger partial charge in [0.25, 0.3) is 0 Å². The molecule has 0 aliphatic carbocycles. The number of anilines is 1. The Hall–Kier alpha value is -3.77. The molecule has 0 spiro atoms. The molecule has 192 valence electrons. The fourth-order valence-corrected chi connectivity index (χ4v) is 7.06. The first-order valence-corrected chi connectivity index (χ1v) is 14.0. The molecule has 2 fully saturated rings. The number of carbonyl (C=O) groups excluding carboxylic acids is 1. The number of hydrogen-bond donors (Lipinski definition) is 3. The fraction of sp³-hybridized carbons (Fsp3) is 0.360. The summed E-state index contributed by atoms with van der Waals surface area (Å²) in [5.41, 5.74) is 9.87. The number of benzene rings is 1. The first kappa shape index (κ1) is 23.6. The molecule has 5 heterocycles. The van der Waals surface area contributed by atoms with Crippen molar-refractivity contribution in [1.82, 2.24) is 29.5 Å². The molecule has 4 aromatic rings. The molecule has 37 heavy (non-hydrogen) atoms. The number of fused-ring (bicyclic) bond motifs is 3. The predicted octanol–water partition coefficient (Wildman–Crippen LogP) is 2.00. The first-order chi connectivity index (χ1) is 17.8. The van der Waals surface area contributed by atoms with E-state index in [9.17, 15) is 18.3 Å². The maximum atomic E-state index is 12.9. The van der Waals surface area contributed by atoms with E-state index in [1.807, 2.05) is 24.3 Å². The molecule has 11 nitrogen and oxygen atoms in total. The quantitative estimate of drug-likeness (QED) is 0.359. The first-order valence-electron chi connectivity index (χ1n) is 12.2. The molecule has 1 unspecified atom stereocenters. The molecule has 2 aliphatic heterocycles. The number of nitrogens with two attached hydrogens (primary N) is 1. The van der Waals surface area contributed by atoms with E-state index in [-0.39, 0.29) is 34.6 Å². The van der Waals surface area contributed by atoms with Gasteiger partial charge in [0.05, 0.1) is 11.9 Å². The van der Waals surface area contributed by atoms with Gasteiger partial charge in [0.1, 0.15) is 23.1 Å². The van der Waals surface area contributed by atoms with Crippen LogP contribution in [0.15, 0.2) is 47.8 Å². The van der Waals surface area contributed by atoms with Crippen molar-refractivity contribution in [2.75, 3.05) is 18.6 Å². The van der Waals surface area contributed by atoms with E-state index < -0.39 is 16.4 Å². The SMILES string of the molecule is CS(=O)(=O)c1c(C2C[C@H]3CC[C@@H](C2)N3C(=O)CO)nc2c(-c3ccc(-c4ncc[nH]4)cc3)cnn2c1N. The highest BCUT2D eigenvalue weighted by atomic mass is 32.2. The number of rotatable bonds is 5. The van der Waals surface area contributed by atoms with Crippen LogP contribution in [-0.4, -0.2) is 73.8 Å². The van der Waals surface area contributed by atoms with Crippen LogP contribution in [0.5, 0.6) is 0 Å². The number of hydrogen-bond acceptors (Lipinski definition) is 8. The number of imidazole rings is 1. The fourth-order valence-electron chi connectivity index (χ4n) is 6.00. The number of piperidine rings is 1. The second-order valence-electron chi connectivity index (χ2n) is 9.80. The van der Waals surface area contributed by atoms with Crippen LogP contribution in [0.2, 0.25) is 0 Å². The maximum Gasteiger partial charge on any atom is 0.248 e. The Morgan fingerprint density at radius 1 is 1.16 bits per heavy atom. The van der Waals surface area contributed by atoms with E-state index in [0.29, 0.717) is 24.2 Å². The Bertz CT molecular complexity index is 1580. The number of H-pyrrole nitrogens is 1. The van der Waals surface area contributed by atoms with E-state index in [1.54, 1.807) is 23.5 Å². The largest absolute Gasteiger partial charge is 0.387 e. The number of aromatic nitrogens is 5. The number of aromatic amines is 1. The number of aliphatic hydroxyl groups is 1. The summed E-state index contributed by atoms with van der Waals surface area (Å²) < 4.78 is 27.2. The molecule has 2 aliphatic rings. The summed E-state index contributed by atoms with van der Waals surface area (Å²) in [6.07, 6.45) is 8.99. The summed E-state index contributed by atoms with van der Waals surface area (Å²) in [4.78, 5) is 26.3. The van der Waals surface area contributed by atoms with Gasteiger partial charge in [-0.25, -0.2) is 18.4 Å². The molecule has 1 amide bonds. The van der Waals surface area contributed by atoms with Crippen molar-refractivity contribution in [3.63, 3.8) is 0 Å². The van der Waals surface area contributed by atoms with Crippen LogP contribution >= 0.6 is 0 Å². The van der Waals surface area contributed by atoms with Gasteiger partial charge in [-0.05, 0) is 31.2 Å². The Morgan fingerprint density at radius 2 is 1.84 bits per heavy atom. The van der Waals surface area contributed by atoms with Crippen LogP contribution in [0.3, 0.4) is 0 Å². The molecule has 1 aromatic carbocycles. The Kier molecular flexibility index (Phi) is 5.53. The van der Waals surface area contributed by atoms with Gasteiger partial charge in [-0.1, -0.05) is 24.3 Å². The number of sulfone groups is 1. The van der Waals surface area contributed by atoms with E-state index in [4.69, 9.17) is 10.7 Å². The molecule has 2 saturated heterocycles. The standard InChI is InChI=1S/C25H27N7O4S/c1-37(35,36)22-21(16-10-17-6-7-18(11-16)31(17)20(34)13-33)30-25-19(12-29-32(25)23(22)26)14-2-4-15(5-3-14)24-27-8-9-28-24/h2-5,8-9,12,16-18,33H,6-7,10-11,13,26H2,1H3,(H,27,28)/t16?,17-,18+. The highest BCUT2D eigenvalue weighted by molar-refractivity contribution is 7.91. The molecular formula is C25H27N7O4S. The van der Waals surface area contributed by atoms with Crippen molar-refractivity contribution in [2.24, 2.45) is 0 Å². The lowest BCUT2D eigenvalue weighted by Crippen LogP contribution is -2.47. The zero-order valence-electron chi connectivity index (χ0n) is 20.2. The van der Waals surface area contributed by atoms with Crippen molar-refractivity contribution in [1.29, 1.82) is 0 Å². The second-order valence-corrected chi connectivity index (χ2v) is 11.8. The Morgan fingerprint density at radius 3 is 2.43 bits per heavy atom. The Balaban J connectivity index is 1.45. The van der Waals surface area contributed by atoms with Gasteiger partial charge in [0.15, 0.2) is 15.5 Å². The summed E-state index contributed by atoms with van der Waals surface area (Å²) >= 11 is 0. The van der Waals surface area contributed by atoms with Crippen LogP contribution in [-0.2, 0) is 14.6 Å². The average molecular weight is 522 g/mol. The normalized spacial score (nSPS) is 21.6. The lowest BCUT2D eigenvalue weighted by molar-refractivity contribution is -0.138. The minimum Gasteiger partial charge on any atom is -0.387 e. The third kappa shape index (κ3) is 3.87. The minimum absolute atomic E-state index is 0.00541. The van der Waals surface area contributed by atoms with Gasteiger partial charge >= 0.3 is 0 Å². The summed E-state index contributed by atoms with van der Waals surface area (Å²) in [7, 11) is -3.72. The zero-order chi connectivity index (χ0) is 25.9. The number of carbonyl (C=O) groups is 1. The van der Waals surface area contributed by atoms with Crippen LogP contribution in [0.1, 0.15) is 37.3 Å². The number of aliphatic hydroxyl groups excluding tert-OH is 1. The number of amides is 1. The van der Waals surface area contributed by atoms with Crippen LogP contribution < -0.4 is 5.73 Å². The molecule has 3 aromatic heterocycles. The monoisotopic (exact) mass is 521 g/mol. The van der Waals surface area contributed by atoms with Gasteiger partial charge in [0, 0.05) is 47.8 Å². The van der Waals surface area contributed by atoms with Crippen LogP contribution in [0, 0.1) is 0 Å². The molecule has 0 saturated carbocycles. The van der Waals surface area contributed by atoms with E-state index in [0.717, 1.165) is 41.6 Å². The molecule has 3 atom stereocenters. The molecular weight excluding hydrogens is 494 g/mol. The van der Waals surface area contributed by atoms with Gasteiger partial charge < -0.3 is 20.7 Å². The van der Waals surface area contributed by atoms with Crippen molar-refractivity contribution >= 4 is 27.2 Å². The number of nitrogen functional groups attached to an aromatic ring is 1. The molecule has 6 rings (SSSR count). The van der Waals surface area contributed by atoms with Crippen molar-refractivity contribution in [2.45, 2.75) is 48.6 Å².